The van der Waals surface area contributed by atoms with Gasteiger partial charge in [-0.15, -0.1) is 11.3 Å². The molecular weight excluding hydrogens is 417 g/mol. The molecular formula is C22H26FN5O2S. The maximum atomic E-state index is 13.4. The summed E-state index contributed by atoms with van der Waals surface area (Å²) in [6, 6.07) is 8.22. The number of carbonyl (C=O) groups excluding carboxylic acids is 2. The molecule has 31 heavy (non-hydrogen) atoms. The van der Waals surface area contributed by atoms with Gasteiger partial charge in [0.15, 0.2) is 5.13 Å². The van der Waals surface area contributed by atoms with Crippen LogP contribution in [0.5, 0.6) is 0 Å². The van der Waals surface area contributed by atoms with Crippen LogP contribution in [0.15, 0.2) is 35.7 Å². The van der Waals surface area contributed by atoms with Gasteiger partial charge in [0.2, 0.25) is 11.8 Å². The fourth-order valence-electron chi connectivity index (χ4n) is 2.90. The van der Waals surface area contributed by atoms with E-state index in [1.807, 2.05) is 26.0 Å². The van der Waals surface area contributed by atoms with E-state index in [-0.39, 0.29) is 30.0 Å². The number of hydrogen-bond acceptors (Lipinski definition) is 5. The number of aryl methyl sites for hydroxylation is 1. The summed E-state index contributed by atoms with van der Waals surface area (Å²) >= 11 is 1.32. The first-order chi connectivity index (χ1) is 14.8. The summed E-state index contributed by atoms with van der Waals surface area (Å²) < 4.78 is 13.4. The maximum absolute atomic E-state index is 13.4. The van der Waals surface area contributed by atoms with Crippen LogP contribution in [0, 0.1) is 11.7 Å². The number of anilines is 1. The molecule has 0 fully saturated rings. The Morgan fingerprint density at radius 1 is 1.29 bits per heavy atom. The summed E-state index contributed by atoms with van der Waals surface area (Å²) in [6.45, 7) is 4.22. The van der Waals surface area contributed by atoms with E-state index in [0.29, 0.717) is 23.1 Å². The predicted molar refractivity (Wildman–Crippen MR) is 119 cm³/mol. The lowest BCUT2D eigenvalue weighted by molar-refractivity contribution is -0.129. The SMILES string of the molecule is CC(C)C(=O)Nc1nc(CC(=O)N(C)CCCc2cc(-c3cccc(F)c3)n[nH]2)cs1. The molecule has 0 saturated carbocycles. The Balaban J connectivity index is 1.45. The van der Waals surface area contributed by atoms with E-state index in [4.69, 9.17) is 0 Å². The molecule has 164 valence electrons. The van der Waals surface area contributed by atoms with Crippen molar-refractivity contribution in [3.05, 3.63) is 52.9 Å². The molecule has 3 rings (SSSR count). The molecule has 2 amide bonds. The van der Waals surface area contributed by atoms with Gasteiger partial charge >= 0.3 is 0 Å². The number of amides is 2. The van der Waals surface area contributed by atoms with Crippen molar-refractivity contribution in [2.75, 3.05) is 18.9 Å². The number of likely N-dealkylation sites (N-methyl/N-ethyl adjacent to an activating group) is 1. The van der Waals surface area contributed by atoms with Crippen molar-refractivity contribution < 1.29 is 14.0 Å². The zero-order valence-corrected chi connectivity index (χ0v) is 18.6. The fraction of sp³-hybridized carbons (Fsp3) is 0.364. The molecule has 3 aromatic rings. The van der Waals surface area contributed by atoms with Gasteiger partial charge < -0.3 is 10.2 Å². The molecule has 0 unspecified atom stereocenters. The average molecular weight is 444 g/mol. The molecule has 9 heteroatoms. The highest BCUT2D eigenvalue weighted by molar-refractivity contribution is 7.13. The molecule has 0 saturated heterocycles. The van der Waals surface area contributed by atoms with Crippen molar-refractivity contribution in [1.29, 1.82) is 0 Å². The molecule has 0 radical (unpaired) electrons. The Morgan fingerprint density at radius 3 is 2.84 bits per heavy atom. The molecule has 0 atom stereocenters. The molecule has 1 aromatic carbocycles. The van der Waals surface area contributed by atoms with E-state index < -0.39 is 0 Å². The highest BCUT2D eigenvalue weighted by Gasteiger charge is 2.14. The standard InChI is InChI=1S/C22H26FN5O2S/c1-14(2)21(30)25-22-24-18(13-31-22)12-20(29)28(3)9-5-8-17-11-19(27-26-17)15-6-4-7-16(23)10-15/h4,6-7,10-11,13-14H,5,8-9,12H2,1-3H3,(H,26,27)(H,24,25,30). The van der Waals surface area contributed by atoms with Gasteiger partial charge in [0, 0.05) is 36.1 Å². The van der Waals surface area contributed by atoms with Crippen LogP contribution < -0.4 is 5.32 Å². The Morgan fingerprint density at radius 2 is 2.10 bits per heavy atom. The monoisotopic (exact) mass is 443 g/mol. The highest BCUT2D eigenvalue weighted by Crippen LogP contribution is 2.19. The highest BCUT2D eigenvalue weighted by atomic mass is 32.1. The predicted octanol–water partition coefficient (Wildman–Crippen LogP) is 3.90. The number of nitrogens with zero attached hydrogens (tertiary/aromatic N) is 3. The van der Waals surface area contributed by atoms with Gasteiger partial charge in [-0.25, -0.2) is 9.37 Å². The molecule has 2 heterocycles. The zero-order valence-electron chi connectivity index (χ0n) is 17.8. The van der Waals surface area contributed by atoms with Crippen molar-refractivity contribution in [3.8, 4) is 11.3 Å². The lowest BCUT2D eigenvalue weighted by Crippen LogP contribution is -2.29. The normalized spacial score (nSPS) is 11.0. The first-order valence-corrected chi connectivity index (χ1v) is 11.0. The third-order valence-corrected chi connectivity index (χ3v) is 5.56. The number of hydrogen-bond donors (Lipinski definition) is 2. The van der Waals surface area contributed by atoms with E-state index in [1.54, 1.807) is 23.4 Å². The molecule has 0 aliphatic rings. The lowest BCUT2D eigenvalue weighted by atomic mass is 10.1. The van der Waals surface area contributed by atoms with Gasteiger partial charge in [0.05, 0.1) is 17.8 Å². The molecule has 0 aliphatic carbocycles. The summed E-state index contributed by atoms with van der Waals surface area (Å²) in [5, 5.41) is 12.3. The quantitative estimate of drug-likeness (QED) is 0.525. The van der Waals surface area contributed by atoms with E-state index in [1.165, 1.54) is 23.5 Å². The Labute approximate surface area is 184 Å². The van der Waals surface area contributed by atoms with Crippen LogP contribution in [-0.4, -0.2) is 45.5 Å². The maximum Gasteiger partial charge on any atom is 0.228 e. The Bertz CT molecular complexity index is 1050. The number of nitrogens with one attached hydrogen (secondary N) is 2. The molecule has 0 aliphatic heterocycles. The van der Waals surface area contributed by atoms with E-state index in [2.05, 4.69) is 20.5 Å². The summed E-state index contributed by atoms with van der Waals surface area (Å²) in [6.07, 6.45) is 1.68. The fourth-order valence-corrected chi connectivity index (χ4v) is 3.62. The van der Waals surface area contributed by atoms with Crippen molar-refractivity contribution in [2.24, 2.45) is 5.92 Å². The van der Waals surface area contributed by atoms with Crippen molar-refractivity contribution in [3.63, 3.8) is 0 Å². The number of aromatic amines is 1. The summed E-state index contributed by atoms with van der Waals surface area (Å²) in [5.41, 5.74) is 3.00. The first-order valence-electron chi connectivity index (χ1n) is 10.1. The van der Waals surface area contributed by atoms with Crippen LogP contribution in [0.1, 0.15) is 31.7 Å². The van der Waals surface area contributed by atoms with Gasteiger partial charge in [0.1, 0.15) is 5.82 Å². The topological polar surface area (TPSA) is 91.0 Å². The van der Waals surface area contributed by atoms with E-state index >= 15 is 0 Å². The molecule has 7 nitrogen and oxygen atoms in total. The van der Waals surface area contributed by atoms with Gasteiger partial charge in [-0.3, -0.25) is 14.7 Å². The molecule has 0 spiro atoms. The number of rotatable bonds is 9. The molecule has 0 bridgehead atoms. The van der Waals surface area contributed by atoms with Gasteiger partial charge in [-0.05, 0) is 31.0 Å². The van der Waals surface area contributed by atoms with Gasteiger partial charge in [0.25, 0.3) is 0 Å². The Kier molecular flexibility index (Phi) is 7.51. The summed E-state index contributed by atoms with van der Waals surface area (Å²) in [5.74, 6) is -0.544. The van der Waals surface area contributed by atoms with E-state index in [9.17, 15) is 14.0 Å². The second kappa shape index (κ2) is 10.3. The third kappa shape index (κ3) is 6.45. The Hall–Kier alpha value is -3.07. The van der Waals surface area contributed by atoms with Crippen LogP contribution in [0.2, 0.25) is 0 Å². The second-order valence-electron chi connectivity index (χ2n) is 7.67. The van der Waals surface area contributed by atoms with E-state index in [0.717, 1.165) is 24.1 Å². The third-order valence-electron chi connectivity index (χ3n) is 4.76. The first kappa shape index (κ1) is 22.6. The second-order valence-corrected chi connectivity index (χ2v) is 8.53. The van der Waals surface area contributed by atoms with Crippen molar-refractivity contribution in [2.45, 2.75) is 33.1 Å². The molecule has 2 aromatic heterocycles. The van der Waals surface area contributed by atoms with Crippen molar-refractivity contribution in [1.82, 2.24) is 20.1 Å². The minimum Gasteiger partial charge on any atom is -0.345 e. The van der Waals surface area contributed by atoms with Crippen molar-refractivity contribution >= 4 is 28.3 Å². The summed E-state index contributed by atoms with van der Waals surface area (Å²) in [7, 11) is 1.77. The average Bonchev–Trinajstić information content (AvgIpc) is 3.37. The zero-order chi connectivity index (χ0) is 22.4. The number of benzene rings is 1. The summed E-state index contributed by atoms with van der Waals surface area (Å²) in [4.78, 5) is 30.2. The van der Waals surface area contributed by atoms with Gasteiger partial charge in [-0.2, -0.15) is 5.10 Å². The number of halogens is 1. The van der Waals surface area contributed by atoms with Crippen LogP contribution in [0.3, 0.4) is 0 Å². The number of carbonyl (C=O) groups is 2. The smallest absolute Gasteiger partial charge is 0.228 e. The minimum absolute atomic E-state index is 0.0305. The largest absolute Gasteiger partial charge is 0.345 e. The number of aromatic nitrogens is 3. The minimum atomic E-state index is -0.295. The van der Waals surface area contributed by atoms with Crippen LogP contribution in [0.4, 0.5) is 9.52 Å². The number of thiazole rings is 1. The lowest BCUT2D eigenvalue weighted by Gasteiger charge is -2.16. The van der Waals surface area contributed by atoms with Crippen LogP contribution in [-0.2, 0) is 22.4 Å². The number of H-pyrrole nitrogens is 1. The van der Waals surface area contributed by atoms with Crippen LogP contribution in [0.25, 0.3) is 11.3 Å². The van der Waals surface area contributed by atoms with Crippen LogP contribution >= 0.6 is 11.3 Å². The molecule has 2 N–H and O–H groups in total. The van der Waals surface area contributed by atoms with Gasteiger partial charge in [-0.1, -0.05) is 26.0 Å².